The summed E-state index contributed by atoms with van der Waals surface area (Å²) in [5.74, 6) is 0.0255. The minimum Gasteiger partial charge on any atom is -0.506 e. The zero-order valence-corrected chi connectivity index (χ0v) is 11.3. The first kappa shape index (κ1) is 13.8. The number of anilines is 1. The van der Waals surface area contributed by atoms with Crippen LogP contribution in [-0.4, -0.2) is 60.6 Å². The van der Waals surface area contributed by atoms with E-state index in [-0.39, 0.29) is 11.7 Å². The molecular formula is C14H21N3O2. The van der Waals surface area contributed by atoms with Crippen molar-refractivity contribution in [3.8, 4) is 5.75 Å². The van der Waals surface area contributed by atoms with E-state index in [4.69, 9.17) is 0 Å². The fourth-order valence-electron chi connectivity index (χ4n) is 2.23. The van der Waals surface area contributed by atoms with Gasteiger partial charge in [-0.05, 0) is 38.7 Å². The predicted octanol–water partition coefficient (Wildman–Crippen LogP) is 0.968. The summed E-state index contributed by atoms with van der Waals surface area (Å²) in [5.41, 5.74) is 0.472. The van der Waals surface area contributed by atoms with Crippen molar-refractivity contribution in [2.24, 2.45) is 0 Å². The largest absolute Gasteiger partial charge is 0.506 e. The number of nitrogens with one attached hydrogen (secondary N) is 1. The van der Waals surface area contributed by atoms with Crippen LogP contribution in [0, 0.1) is 0 Å². The second kappa shape index (κ2) is 6.54. The second-order valence-corrected chi connectivity index (χ2v) is 5.00. The molecular weight excluding hydrogens is 242 g/mol. The molecule has 2 rings (SSSR count). The molecule has 0 unspecified atom stereocenters. The van der Waals surface area contributed by atoms with Crippen molar-refractivity contribution in [3.05, 3.63) is 24.3 Å². The second-order valence-electron chi connectivity index (χ2n) is 5.00. The molecule has 1 aromatic rings. The molecule has 0 atom stereocenters. The highest BCUT2D eigenvalue weighted by Gasteiger charge is 2.15. The van der Waals surface area contributed by atoms with Gasteiger partial charge in [0.1, 0.15) is 5.75 Å². The summed E-state index contributed by atoms with van der Waals surface area (Å²) in [5, 5.41) is 12.4. The topological polar surface area (TPSA) is 55.8 Å². The van der Waals surface area contributed by atoms with Crippen molar-refractivity contribution in [3.63, 3.8) is 0 Å². The van der Waals surface area contributed by atoms with Gasteiger partial charge in [0.25, 0.3) is 0 Å². The van der Waals surface area contributed by atoms with Crippen molar-refractivity contribution in [2.75, 3.05) is 45.1 Å². The third kappa shape index (κ3) is 4.22. The molecule has 0 radical (unpaired) electrons. The van der Waals surface area contributed by atoms with Crippen LogP contribution in [0.3, 0.4) is 0 Å². The van der Waals surface area contributed by atoms with Crippen LogP contribution in [0.15, 0.2) is 24.3 Å². The molecule has 0 spiro atoms. The Kier molecular flexibility index (Phi) is 4.76. The Bertz CT molecular complexity index is 436. The van der Waals surface area contributed by atoms with E-state index in [1.807, 2.05) is 0 Å². The van der Waals surface area contributed by atoms with E-state index in [1.165, 1.54) is 0 Å². The van der Waals surface area contributed by atoms with Crippen molar-refractivity contribution in [1.29, 1.82) is 0 Å². The minimum atomic E-state index is -0.0777. The average Bonchev–Trinajstić information content (AvgIpc) is 2.57. The SMILES string of the molecule is CN1CCCN(CC(=O)Nc2ccccc2O)CC1. The molecule has 0 saturated carbocycles. The maximum atomic E-state index is 11.9. The van der Waals surface area contributed by atoms with Crippen LogP contribution in [-0.2, 0) is 4.79 Å². The zero-order valence-electron chi connectivity index (χ0n) is 11.3. The summed E-state index contributed by atoms with van der Waals surface area (Å²) >= 11 is 0. The van der Waals surface area contributed by atoms with Gasteiger partial charge in [-0.1, -0.05) is 12.1 Å². The Hall–Kier alpha value is -1.59. The molecule has 19 heavy (non-hydrogen) atoms. The van der Waals surface area contributed by atoms with Gasteiger partial charge in [0.15, 0.2) is 0 Å². The lowest BCUT2D eigenvalue weighted by Gasteiger charge is -2.19. The summed E-state index contributed by atoms with van der Waals surface area (Å²) in [4.78, 5) is 16.4. The third-order valence-electron chi connectivity index (χ3n) is 3.36. The van der Waals surface area contributed by atoms with E-state index in [2.05, 4.69) is 22.2 Å². The van der Waals surface area contributed by atoms with Gasteiger partial charge in [0.05, 0.1) is 12.2 Å². The summed E-state index contributed by atoms with van der Waals surface area (Å²) < 4.78 is 0. The highest BCUT2D eigenvalue weighted by molar-refractivity contribution is 5.93. The van der Waals surface area contributed by atoms with Crippen molar-refractivity contribution in [1.82, 2.24) is 9.80 Å². The average molecular weight is 263 g/mol. The molecule has 5 heteroatoms. The normalized spacial score (nSPS) is 17.9. The molecule has 1 aliphatic rings. The molecule has 0 aromatic heterocycles. The van der Waals surface area contributed by atoms with Gasteiger partial charge in [-0.3, -0.25) is 9.69 Å². The monoisotopic (exact) mass is 263 g/mol. The lowest BCUT2D eigenvalue weighted by molar-refractivity contribution is -0.117. The summed E-state index contributed by atoms with van der Waals surface area (Å²) in [7, 11) is 2.10. The maximum absolute atomic E-state index is 11.9. The lowest BCUT2D eigenvalue weighted by atomic mass is 10.3. The van der Waals surface area contributed by atoms with Crippen LogP contribution in [0.1, 0.15) is 6.42 Å². The fourth-order valence-corrected chi connectivity index (χ4v) is 2.23. The zero-order chi connectivity index (χ0) is 13.7. The van der Waals surface area contributed by atoms with Crippen LogP contribution in [0.2, 0.25) is 0 Å². The number of nitrogens with zero attached hydrogens (tertiary/aromatic N) is 2. The standard InChI is InChI=1S/C14H21N3O2/c1-16-7-4-8-17(10-9-16)11-14(19)15-12-5-2-3-6-13(12)18/h2-3,5-6,18H,4,7-11H2,1H3,(H,15,19). The number of hydrogen-bond acceptors (Lipinski definition) is 4. The van der Waals surface area contributed by atoms with Crippen LogP contribution >= 0.6 is 0 Å². The molecule has 1 saturated heterocycles. The number of benzene rings is 1. The number of amides is 1. The van der Waals surface area contributed by atoms with Crippen molar-refractivity contribution in [2.45, 2.75) is 6.42 Å². The molecule has 1 fully saturated rings. The van der Waals surface area contributed by atoms with E-state index < -0.39 is 0 Å². The van der Waals surface area contributed by atoms with Crippen molar-refractivity contribution < 1.29 is 9.90 Å². The van der Waals surface area contributed by atoms with Crippen LogP contribution in [0.4, 0.5) is 5.69 Å². The Balaban J connectivity index is 1.86. The highest BCUT2D eigenvalue weighted by Crippen LogP contribution is 2.21. The molecule has 1 heterocycles. The molecule has 2 N–H and O–H groups in total. The number of likely N-dealkylation sites (N-methyl/N-ethyl adjacent to an activating group) is 1. The number of aromatic hydroxyl groups is 1. The molecule has 1 amide bonds. The first-order valence-corrected chi connectivity index (χ1v) is 6.64. The number of para-hydroxylation sites is 2. The van der Waals surface area contributed by atoms with E-state index in [0.717, 1.165) is 32.6 Å². The first-order valence-electron chi connectivity index (χ1n) is 6.64. The quantitative estimate of drug-likeness (QED) is 0.798. The third-order valence-corrected chi connectivity index (χ3v) is 3.36. The van der Waals surface area contributed by atoms with Crippen LogP contribution in [0.25, 0.3) is 0 Å². The van der Waals surface area contributed by atoms with Gasteiger partial charge in [-0.15, -0.1) is 0 Å². The van der Waals surface area contributed by atoms with E-state index in [1.54, 1.807) is 24.3 Å². The fraction of sp³-hybridized carbons (Fsp3) is 0.500. The molecule has 0 aliphatic carbocycles. The van der Waals surface area contributed by atoms with Crippen LogP contribution in [0.5, 0.6) is 5.75 Å². The Morgan fingerprint density at radius 3 is 2.84 bits per heavy atom. The summed E-state index contributed by atoms with van der Waals surface area (Å²) in [6.07, 6.45) is 1.08. The number of hydrogen-bond donors (Lipinski definition) is 2. The van der Waals surface area contributed by atoms with E-state index in [9.17, 15) is 9.90 Å². The van der Waals surface area contributed by atoms with Gasteiger partial charge in [-0.25, -0.2) is 0 Å². The first-order chi connectivity index (χ1) is 9.15. The summed E-state index contributed by atoms with van der Waals surface area (Å²) in [6.45, 7) is 4.30. The maximum Gasteiger partial charge on any atom is 0.238 e. The van der Waals surface area contributed by atoms with Gasteiger partial charge < -0.3 is 15.3 Å². The highest BCUT2D eigenvalue weighted by atomic mass is 16.3. The molecule has 0 bridgehead atoms. The smallest absolute Gasteiger partial charge is 0.238 e. The van der Waals surface area contributed by atoms with Gasteiger partial charge >= 0.3 is 0 Å². The van der Waals surface area contributed by atoms with Gasteiger partial charge in [0, 0.05) is 13.1 Å². The van der Waals surface area contributed by atoms with Crippen LogP contribution < -0.4 is 5.32 Å². The van der Waals surface area contributed by atoms with E-state index >= 15 is 0 Å². The van der Waals surface area contributed by atoms with Gasteiger partial charge in [-0.2, -0.15) is 0 Å². The predicted molar refractivity (Wildman–Crippen MR) is 75.3 cm³/mol. The van der Waals surface area contributed by atoms with Gasteiger partial charge in [0.2, 0.25) is 5.91 Å². The molecule has 1 aliphatic heterocycles. The molecule has 5 nitrogen and oxygen atoms in total. The number of carbonyl (C=O) groups is 1. The Morgan fingerprint density at radius 2 is 2.05 bits per heavy atom. The number of carbonyl (C=O) groups excluding carboxylic acids is 1. The molecule has 1 aromatic carbocycles. The lowest BCUT2D eigenvalue weighted by Crippen LogP contribution is -2.35. The molecule has 104 valence electrons. The number of phenolic OH excluding ortho intramolecular Hbond substituents is 1. The number of rotatable bonds is 3. The summed E-state index contributed by atoms with van der Waals surface area (Å²) in [6, 6.07) is 6.78. The Labute approximate surface area is 113 Å². The number of phenols is 1. The van der Waals surface area contributed by atoms with E-state index in [0.29, 0.717) is 12.2 Å². The Morgan fingerprint density at radius 1 is 1.26 bits per heavy atom. The minimum absolute atomic E-state index is 0.0777. The van der Waals surface area contributed by atoms with Crippen molar-refractivity contribution >= 4 is 11.6 Å².